The van der Waals surface area contributed by atoms with Gasteiger partial charge in [-0.3, -0.25) is 19.7 Å². The first-order valence-electron chi connectivity index (χ1n) is 8.45. The summed E-state index contributed by atoms with van der Waals surface area (Å²) in [7, 11) is 1.63. The molecule has 130 valence electrons. The van der Waals surface area contributed by atoms with E-state index in [9.17, 15) is 19.7 Å². The number of hydrogen-bond acceptors (Lipinski definition) is 5. The Morgan fingerprint density at radius 1 is 1.16 bits per heavy atom. The minimum atomic E-state index is -0.543. The average molecular weight is 342 g/mol. The molecule has 7 heteroatoms. The molecule has 25 heavy (non-hydrogen) atoms. The summed E-state index contributed by atoms with van der Waals surface area (Å²) in [6, 6.07) is 5.44. The highest BCUT2D eigenvalue weighted by atomic mass is 16.6. The lowest BCUT2D eigenvalue weighted by atomic mass is 9.77. The number of amides is 1. The molecule has 1 aromatic rings. The first-order chi connectivity index (χ1) is 12.0. The Kier molecular flexibility index (Phi) is 3.59. The van der Waals surface area contributed by atoms with Crippen molar-refractivity contribution in [3.8, 4) is 0 Å². The minimum absolute atomic E-state index is 0.00740. The molecule has 2 aliphatic heterocycles. The number of ketones is 1. The van der Waals surface area contributed by atoms with Crippen molar-refractivity contribution in [3.63, 3.8) is 0 Å². The molecule has 3 aliphatic rings. The van der Waals surface area contributed by atoms with E-state index in [-0.39, 0.29) is 35.2 Å². The quantitative estimate of drug-likeness (QED) is 0.608. The predicted octanol–water partition coefficient (Wildman–Crippen LogP) is 2.52. The summed E-state index contributed by atoms with van der Waals surface area (Å²) in [5, 5.41) is 10.8. The lowest BCUT2D eigenvalue weighted by Gasteiger charge is -2.35. The molecule has 1 aromatic carbocycles. The van der Waals surface area contributed by atoms with E-state index in [2.05, 4.69) is 0 Å². The third-order valence-corrected chi connectivity index (χ3v) is 5.41. The van der Waals surface area contributed by atoms with Crippen LogP contribution in [0.1, 0.15) is 37.3 Å². The second-order valence-electron chi connectivity index (χ2n) is 6.82. The molecule has 0 saturated heterocycles. The number of carbonyl (C=O) groups excluding carboxylic acids is 2. The van der Waals surface area contributed by atoms with Crippen LogP contribution in [-0.2, 0) is 14.3 Å². The molecular formula is C18H18N2O5. The number of benzene rings is 1. The van der Waals surface area contributed by atoms with Crippen molar-refractivity contribution in [3.05, 3.63) is 51.3 Å². The molecule has 0 radical (unpaired) electrons. The third-order valence-electron chi connectivity index (χ3n) is 5.41. The number of hydrogen-bond donors (Lipinski definition) is 0. The van der Waals surface area contributed by atoms with E-state index in [1.165, 1.54) is 17.0 Å². The Morgan fingerprint density at radius 2 is 1.84 bits per heavy atom. The number of ether oxygens (including phenoxy) is 1. The Labute approximate surface area is 144 Å². The first-order valence-corrected chi connectivity index (χ1v) is 8.45. The van der Waals surface area contributed by atoms with E-state index in [4.69, 9.17) is 4.74 Å². The molecule has 0 bridgehead atoms. The lowest BCUT2D eigenvalue weighted by Crippen LogP contribution is -2.39. The number of fused-ring (bicyclic) bond motifs is 1. The number of likely N-dealkylation sites (N-methyl/N-ethyl adjacent to an activating group) is 1. The van der Waals surface area contributed by atoms with Gasteiger partial charge < -0.3 is 9.64 Å². The number of Topliss-reactive ketones (excluding diaryl/α,β-unsaturated/α-hetero) is 1. The molecule has 3 unspecified atom stereocenters. The molecular weight excluding hydrogens is 324 g/mol. The van der Waals surface area contributed by atoms with Gasteiger partial charge in [-0.1, -0.05) is 6.42 Å². The van der Waals surface area contributed by atoms with Crippen molar-refractivity contribution >= 4 is 17.4 Å². The van der Waals surface area contributed by atoms with Crippen LogP contribution in [0.15, 0.2) is 35.6 Å². The van der Waals surface area contributed by atoms with Gasteiger partial charge in [-0.15, -0.1) is 0 Å². The molecule has 7 nitrogen and oxygen atoms in total. The average Bonchev–Trinajstić information content (AvgIpc) is 2.87. The van der Waals surface area contributed by atoms with Crippen LogP contribution in [0.4, 0.5) is 5.69 Å². The van der Waals surface area contributed by atoms with Gasteiger partial charge in [-0.2, -0.15) is 0 Å². The van der Waals surface area contributed by atoms with Gasteiger partial charge in [0.15, 0.2) is 11.5 Å². The molecule has 2 heterocycles. The molecule has 1 amide bonds. The van der Waals surface area contributed by atoms with Gasteiger partial charge in [0, 0.05) is 19.2 Å². The van der Waals surface area contributed by atoms with Crippen molar-refractivity contribution in [2.24, 2.45) is 5.92 Å². The maximum absolute atomic E-state index is 13.1. The zero-order valence-electron chi connectivity index (χ0n) is 13.8. The summed E-state index contributed by atoms with van der Waals surface area (Å²) in [6.45, 7) is 0. The molecule has 0 spiro atoms. The van der Waals surface area contributed by atoms with Gasteiger partial charge in [0.05, 0.1) is 22.5 Å². The van der Waals surface area contributed by atoms with Crippen LogP contribution in [-0.4, -0.2) is 34.7 Å². The highest BCUT2D eigenvalue weighted by Gasteiger charge is 2.50. The van der Waals surface area contributed by atoms with E-state index >= 15 is 0 Å². The Hall–Kier alpha value is -2.70. The van der Waals surface area contributed by atoms with Gasteiger partial charge in [0.2, 0.25) is 0 Å². The summed E-state index contributed by atoms with van der Waals surface area (Å²) in [5.41, 5.74) is 1.06. The number of carbonyl (C=O) groups is 2. The smallest absolute Gasteiger partial charge is 0.289 e. The fourth-order valence-corrected chi connectivity index (χ4v) is 4.13. The Morgan fingerprint density at radius 3 is 2.52 bits per heavy atom. The number of rotatable bonds is 2. The maximum Gasteiger partial charge on any atom is 0.289 e. The van der Waals surface area contributed by atoms with Crippen molar-refractivity contribution in [2.45, 2.75) is 37.8 Å². The summed E-state index contributed by atoms with van der Waals surface area (Å²) in [6.07, 6.45) is 3.38. The van der Waals surface area contributed by atoms with Crippen LogP contribution in [0.25, 0.3) is 0 Å². The summed E-state index contributed by atoms with van der Waals surface area (Å²) >= 11 is 0. The van der Waals surface area contributed by atoms with Crippen molar-refractivity contribution in [1.29, 1.82) is 0 Å². The normalized spacial score (nSPS) is 28.5. The molecule has 1 saturated carbocycles. The second-order valence-corrected chi connectivity index (χ2v) is 6.82. The fourth-order valence-electron chi connectivity index (χ4n) is 4.13. The van der Waals surface area contributed by atoms with Crippen LogP contribution in [0.5, 0.6) is 0 Å². The SMILES string of the molecule is CN1C(=O)C2=C(C(=O)C3CCCCC3O2)C1c1ccc([N+](=O)[O-])cc1. The highest BCUT2D eigenvalue weighted by Crippen LogP contribution is 2.46. The summed E-state index contributed by atoms with van der Waals surface area (Å²) in [4.78, 5) is 37.5. The van der Waals surface area contributed by atoms with Gasteiger partial charge in [0.1, 0.15) is 6.10 Å². The highest BCUT2D eigenvalue weighted by molar-refractivity contribution is 6.11. The van der Waals surface area contributed by atoms with Gasteiger partial charge in [-0.05, 0) is 37.0 Å². The monoisotopic (exact) mass is 342 g/mol. The summed E-state index contributed by atoms with van der Waals surface area (Å²) < 4.78 is 5.94. The van der Waals surface area contributed by atoms with Crippen LogP contribution in [0.2, 0.25) is 0 Å². The van der Waals surface area contributed by atoms with E-state index in [1.807, 2.05) is 0 Å². The fraction of sp³-hybridized carbons (Fsp3) is 0.444. The molecule has 3 atom stereocenters. The molecule has 1 fully saturated rings. The van der Waals surface area contributed by atoms with E-state index in [0.29, 0.717) is 11.1 Å². The second kappa shape index (κ2) is 5.68. The van der Waals surface area contributed by atoms with Crippen LogP contribution < -0.4 is 0 Å². The van der Waals surface area contributed by atoms with Gasteiger partial charge in [0.25, 0.3) is 11.6 Å². The van der Waals surface area contributed by atoms with Gasteiger partial charge in [-0.25, -0.2) is 0 Å². The molecule has 0 N–H and O–H groups in total. The lowest BCUT2D eigenvalue weighted by molar-refractivity contribution is -0.384. The number of nitro benzene ring substituents is 1. The number of non-ortho nitro benzene ring substituents is 1. The third kappa shape index (κ3) is 2.33. The Bertz CT molecular complexity index is 798. The predicted molar refractivity (Wildman–Crippen MR) is 87.5 cm³/mol. The van der Waals surface area contributed by atoms with Gasteiger partial charge >= 0.3 is 0 Å². The zero-order valence-corrected chi connectivity index (χ0v) is 13.8. The standard InChI is InChI=1S/C18H18N2O5/c1-19-15(10-6-8-11(9-7-10)20(23)24)14-16(21)12-4-2-3-5-13(12)25-17(14)18(19)22/h6-9,12-13,15H,2-5H2,1H3. The van der Waals surface area contributed by atoms with E-state index in [1.54, 1.807) is 19.2 Å². The van der Waals surface area contributed by atoms with E-state index < -0.39 is 11.0 Å². The summed E-state index contributed by atoms with van der Waals surface area (Å²) in [5.74, 6) is -0.325. The van der Waals surface area contributed by atoms with Crippen LogP contribution in [0.3, 0.4) is 0 Å². The van der Waals surface area contributed by atoms with Crippen LogP contribution >= 0.6 is 0 Å². The zero-order chi connectivity index (χ0) is 17.7. The number of nitrogens with zero attached hydrogens (tertiary/aromatic N) is 2. The van der Waals surface area contributed by atoms with Crippen molar-refractivity contribution in [2.75, 3.05) is 7.05 Å². The molecule has 0 aromatic heterocycles. The Balaban J connectivity index is 1.75. The van der Waals surface area contributed by atoms with Crippen molar-refractivity contribution < 1.29 is 19.2 Å². The topological polar surface area (TPSA) is 89.8 Å². The first kappa shape index (κ1) is 15.8. The van der Waals surface area contributed by atoms with Crippen molar-refractivity contribution in [1.82, 2.24) is 4.90 Å². The molecule has 1 aliphatic carbocycles. The maximum atomic E-state index is 13.1. The number of nitro groups is 1. The minimum Gasteiger partial charge on any atom is -0.483 e. The van der Waals surface area contributed by atoms with E-state index in [0.717, 1.165) is 25.7 Å². The van der Waals surface area contributed by atoms with Crippen LogP contribution in [0, 0.1) is 16.0 Å². The largest absolute Gasteiger partial charge is 0.483 e. The molecule has 4 rings (SSSR count).